The van der Waals surface area contributed by atoms with Crippen LogP contribution in [0.25, 0.3) is 0 Å². The lowest BCUT2D eigenvalue weighted by Gasteiger charge is -2.31. The van der Waals surface area contributed by atoms with Crippen LogP contribution in [-0.4, -0.2) is 85.2 Å². The quantitative estimate of drug-likeness (QED) is 0.343. The number of carbonyl (C=O) groups is 3. The molecule has 10 heteroatoms. The number of nitrogens with one attached hydrogen (secondary N) is 1. The van der Waals surface area contributed by atoms with Crippen LogP contribution in [0.2, 0.25) is 0 Å². The van der Waals surface area contributed by atoms with Gasteiger partial charge in [-0.1, -0.05) is 30.3 Å². The Hall–Kier alpha value is -4.15. The molecule has 4 rings (SSSR count). The zero-order chi connectivity index (χ0) is 28.2. The maximum Gasteiger partial charge on any atom is 0.338 e. The van der Waals surface area contributed by atoms with E-state index < -0.39 is 12.0 Å². The maximum absolute atomic E-state index is 13.7. The molecule has 0 atom stereocenters. The zero-order valence-corrected chi connectivity index (χ0v) is 22.8. The van der Waals surface area contributed by atoms with Crippen molar-refractivity contribution in [2.45, 2.75) is 20.0 Å². The second-order valence-electron chi connectivity index (χ2n) is 9.42. The van der Waals surface area contributed by atoms with Crippen LogP contribution in [0.3, 0.4) is 0 Å². The second-order valence-corrected chi connectivity index (χ2v) is 9.42. The average molecular weight is 549 g/mol. The van der Waals surface area contributed by atoms with Gasteiger partial charge in [-0.15, -0.1) is 0 Å². The van der Waals surface area contributed by atoms with Gasteiger partial charge >= 0.3 is 12.0 Å². The summed E-state index contributed by atoms with van der Waals surface area (Å²) in [7, 11) is 0. The van der Waals surface area contributed by atoms with Crippen LogP contribution in [0, 0.1) is 0 Å². The van der Waals surface area contributed by atoms with Gasteiger partial charge in [-0.25, -0.2) is 9.59 Å². The molecule has 1 N–H and O–H groups in total. The molecule has 10 nitrogen and oxygen atoms in total. The number of hydrogen-bond donors (Lipinski definition) is 1. The molecule has 1 aliphatic heterocycles. The number of rotatable bonds is 12. The molecule has 40 heavy (non-hydrogen) atoms. The molecular formula is C30H36N4O6. The fourth-order valence-electron chi connectivity index (χ4n) is 4.34. The van der Waals surface area contributed by atoms with E-state index in [0.717, 1.165) is 18.7 Å². The Kier molecular flexibility index (Phi) is 10.7. The summed E-state index contributed by atoms with van der Waals surface area (Å²) in [5.74, 6) is 0.0403. The molecule has 1 saturated heterocycles. The van der Waals surface area contributed by atoms with E-state index in [-0.39, 0.29) is 25.6 Å². The van der Waals surface area contributed by atoms with Gasteiger partial charge in [0, 0.05) is 38.4 Å². The SMILES string of the molecule is CCOC(=O)c1ccc(NC(=O)N(CCN2CCOCC2)CC(=O)N(Cc2ccccc2)Cc2ccco2)cc1. The first-order valence-electron chi connectivity index (χ1n) is 13.5. The van der Waals surface area contributed by atoms with Gasteiger partial charge < -0.3 is 29.0 Å². The number of amides is 3. The molecule has 0 aliphatic carbocycles. The summed E-state index contributed by atoms with van der Waals surface area (Å²) in [6.45, 7) is 6.40. The fraction of sp³-hybridized carbons (Fsp3) is 0.367. The van der Waals surface area contributed by atoms with Crippen LogP contribution in [-0.2, 0) is 27.4 Å². The highest BCUT2D eigenvalue weighted by Crippen LogP contribution is 2.14. The van der Waals surface area contributed by atoms with Crippen LogP contribution in [0.15, 0.2) is 77.4 Å². The molecule has 1 aromatic heterocycles. The van der Waals surface area contributed by atoms with Crippen molar-refractivity contribution in [2.75, 3.05) is 57.9 Å². The Bertz CT molecular complexity index is 1210. The van der Waals surface area contributed by atoms with E-state index in [2.05, 4.69) is 10.2 Å². The molecule has 2 heterocycles. The van der Waals surface area contributed by atoms with Crippen molar-refractivity contribution in [2.24, 2.45) is 0 Å². The molecule has 0 bridgehead atoms. The number of esters is 1. The lowest BCUT2D eigenvalue weighted by atomic mass is 10.2. The van der Waals surface area contributed by atoms with Gasteiger partial charge in [-0.05, 0) is 48.9 Å². The van der Waals surface area contributed by atoms with E-state index in [4.69, 9.17) is 13.9 Å². The highest BCUT2D eigenvalue weighted by atomic mass is 16.5. The van der Waals surface area contributed by atoms with Crippen molar-refractivity contribution >= 4 is 23.6 Å². The summed E-state index contributed by atoms with van der Waals surface area (Å²) < 4.78 is 16.0. The minimum atomic E-state index is -0.423. The Labute approximate surface area is 234 Å². The van der Waals surface area contributed by atoms with Gasteiger partial charge in [0.2, 0.25) is 5.91 Å². The summed E-state index contributed by atoms with van der Waals surface area (Å²) in [6, 6.07) is 19.4. The van der Waals surface area contributed by atoms with E-state index in [0.29, 0.717) is 49.9 Å². The van der Waals surface area contributed by atoms with Gasteiger partial charge in [-0.2, -0.15) is 0 Å². The standard InChI is InChI=1S/C30H36N4O6/c1-2-39-29(36)25-10-12-26(13-11-25)31-30(37)33(15-14-32-16-19-38-20-17-32)23-28(35)34(22-27-9-6-18-40-27)21-24-7-4-3-5-8-24/h3-13,18H,2,14-17,19-23H2,1H3,(H,31,37). The molecule has 1 fully saturated rings. The average Bonchev–Trinajstić information content (AvgIpc) is 3.49. The fourth-order valence-corrected chi connectivity index (χ4v) is 4.34. The summed E-state index contributed by atoms with van der Waals surface area (Å²) >= 11 is 0. The predicted molar refractivity (Wildman–Crippen MR) is 150 cm³/mol. The van der Waals surface area contributed by atoms with E-state index >= 15 is 0 Å². The third-order valence-corrected chi connectivity index (χ3v) is 6.55. The van der Waals surface area contributed by atoms with Gasteiger partial charge in [0.15, 0.2) is 0 Å². The Balaban J connectivity index is 1.47. The normalized spacial score (nSPS) is 13.4. The summed E-state index contributed by atoms with van der Waals surface area (Å²) in [4.78, 5) is 44.5. The van der Waals surface area contributed by atoms with Crippen LogP contribution in [0.5, 0.6) is 0 Å². The minimum Gasteiger partial charge on any atom is -0.467 e. The van der Waals surface area contributed by atoms with Crippen molar-refractivity contribution in [1.29, 1.82) is 0 Å². The summed E-state index contributed by atoms with van der Waals surface area (Å²) in [5.41, 5.74) is 1.89. The molecule has 1 aliphatic rings. The van der Waals surface area contributed by atoms with E-state index in [1.54, 1.807) is 48.4 Å². The summed E-state index contributed by atoms with van der Waals surface area (Å²) in [5, 5.41) is 2.87. The molecule has 212 valence electrons. The van der Waals surface area contributed by atoms with Crippen LogP contribution in [0.1, 0.15) is 28.6 Å². The van der Waals surface area contributed by atoms with Gasteiger partial charge in [0.1, 0.15) is 12.3 Å². The number of furan rings is 1. The first-order chi connectivity index (χ1) is 19.5. The number of morpholine rings is 1. The monoisotopic (exact) mass is 548 g/mol. The van der Waals surface area contributed by atoms with Crippen molar-refractivity contribution in [3.8, 4) is 0 Å². The number of nitrogens with zero attached hydrogens (tertiary/aromatic N) is 3. The number of benzene rings is 2. The van der Waals surface area contributed by atoms with E-state index in [9.17, 15) is 14.4 Å². The lowest BCUT2D eigenvalue weighted by molar-refractivity contribution is -0.133. The first kappa shape index (κ1) is 28.8. The van der Waals surface area contributed by atoms with Crippen LogP contribution in [0.4, 0.5) is 10.5 Å². The molecule has 0 unspecified atom stereocenters. The zero-order valence-electron chi connectivity index (χ0n) is 22.8. The molecular weight excluding hydrogens is 512 g/mol. The largest absolute Gasteiger partial charge is 0.467 e. The van der Waals surface area contributed by atoms with Crippen LogP contribution >= 0.6 is 0 Å². The summed E-state index contributed by atoms with van der Waals surface area (Å²) in [6.07, 6.45) is 1.58. The molecule has 0 saturated carbocycles. The van der Waals surface area contributed by atoms with Gasteiger partial charge in [0.05, 0.1) is 38.2 Å². The number of hydrogen-bond acceptors (Lipinski definition) is 7. The van der Waals surface area contributed by atoms with E-state index in [1.807, 2.05) is 36.4 Å². The molecule has 0 radical (unpaired) electrons. The predicted octanol–water partition coefficient (Wildman–Crippen LogP) is 3.85. The Morgan fingerprint density at radius 1 is 0.925 bits per heavy atom. The topological polar surface area (TPSA) is 105 Å². The molecule has 3 amide bonds. The van der Waals surface area contributed by atoms with Gasteiger partial charge in [0.25, 0.3) is 0 Å². The van der Waals surface area contributed by atoms with Crippen molar-refractivity contribution in [3.05, 3.63) is 89.9 Å². The second kappa shape index (κ2) is 14.9. The number of ether oxygens (including phenoxy) is 2. The highest BCUT2D eigenvalue weighted by Gasteiger charge is 2.24. The minimum absolute atomic E-state index is 0.107. The highest BCUT2D eigenvalue weighted by molar-refractivity contribution is 5.94. The molecule has 0 spiro atoms. The number of carbonyl (C=O) groups excluding carboxylic acids is 3. The smallest absolute Gasteiger partial charge is 0.338 e. The van der Waals surface area contributed by atoms with Crippen molar-refractivity contribution < 1.29 is 28.3 Å². The molecule has 2 aromatic carbocycles. The van der Waals surface area contributed by atoms with Crippen molar-refractivity contribution in [1.82, 2.24) is 14.7 Å². The lowest BCUT2D eigenvalue weighted by Crippen LogP contribution is -2.48. The molecule has 3 aromatic rings. The third kappa shape index (κ3) is 8.69. The number of urea groups is 1. The number of anilines is 1. The maximum atomic E-state index is 13.7. The Morgan fingerprint density at radius 3 is 2.35 bits per heavy atom. The van der Waals surface area contributed by atoms with Crippen molar-refractivity contribution in [3.63, 3.8) is 0 Å². The first-order valence-corrected chi connectivity index (χ1v) is 13.5. The Morgan fingerprint density at radius 2 is 1.68 bits per heavy atom. The third-order valence-electron chi connectivity index (χ3n) is 6.55. The van der Waals surface area contributed by atoms with Crippen LogP contribution < -0.4 is 5.32 Å². The van der Waals surface area contributed by atoms with Gasteiger partial charge in [-0.3, -0.25) is 9.69 Å². The van der Waals surface area contributed by atoms with E-state index in [1.165, 1.54) is 4.90 Å².